The molecule has 18 heavy (non-hydrogen) atoms. The quantitative estimate of drug-likeness (QED) is 0.832. The minimum absolute atomic E-state index is 0.106. The first-order chi connectivity index (χ1) is 8.60. The van der Waals surface area contributed by atoms with Gasteiger partial charge in [0.15, 0.2) is 17.3 Å². The topological polar surface area (TPSA) is 55.2 Å². The first kappa shape index (κ1) is 13.3. The van der Waals surface area contributed by atoms with E-state index < -0.39 is 0 Å². The molecular weight excluding hydrogens is 364 g/mol. The number of halogens is 2. The first-order valence-corrected chi connectivity index (χ1v) is 6.85. The van der Waals surface area contributed by atoms with Crippen molar-refractivity contribution in [1.29, 1.82) is 0 Å². The molecule has 0 unspecified atom stereocenters. The second-order valence-electron chi connectivity index (χ2n) is 3.45. The van der Waals surface area contributed by atoms with Crippen LogP contribution in [0.15, 0.2) is 33.5 Å². The summed E-state index contributed by atoms with van der Waals surface area (Å²) < 4.78 is 6.70. The van der Waals surface area contributed by atoms with Gasteiger partial charge in [0.1, 0.15) is 9.21 Å². The van der Waals surface area contributed by atoms with E-state index in [1.54, 1.807) is 24.3 Å². The Kier molecular flexibility index (Phi) is 4.19. The number of hydrogen-bond donors (Lipinski definition) is 1. The van der Waals surface area contributed by atoms with Gasteiger partial charge in [0, 0.05) is 11.6 Å². The van der Waals surface area contributed by atoms with Gasteiger partial charge in [-0.1, -0.05) is 0 Å². The van der Waals surface area contributed by atoms with E-state index in [0.29, 0.717) is 27.4 Å². The van der Waals surface area contributed by atoms with E-state index in [9.17, 15) is 5.11 Å². The van der Waals surface area contributed by atoms with E-state index in [4.69, 9.17) is 4.74 Å². The molecule has 2 rings (SSSR count). The average molecular weight is 374 g/mol. The Bertz CT molecular complexity index is 556. The molecule has 0 saturated carbocycles. The number of rotatable bonds is 3. The number of ether oxygens (including phenoxy) is 1. The number of benzene rings is 1. The number of phenols is 1. The maximum Gasteiger partial charge on any atom is 0.161 e. The van der Waals surface area contributed by atoms with Gasteiger partial charge in [0.05, 0.1) is 6.61 Å². The van der Waals surface area contributed by atoms with Crippen LogP contribution < -0.4 is 4.74 Å². The van der Waals surface area contributed by atoms with Gasteiger partial charge < -0.3 is 9.84 Å². The van der Waals surface area contributed by atoms with E-state index >= 15 is 0 Å². The van der Waals surface area contributed by atoms with Gasteiger partial charge in [-0.3, -0.25) is 0 Å². The number of nitrogens with zero attached hydrogens (tertiary/aromatic N) is 2. The highest BCUT2D eigenvalue weighted by Gasteiger charge is 2.09. The second kappa shape index (κ2) is 5.67. The van der Waals surface area contributed by atoms with Crippen LogP contribution >= 0.6 is 31.9 Å². The predicted molar refractivity (Wildman–Crippen MR) is 75.7 cm³/mol. The Morgan fingerprint density at radius 3 is 2.44 bits per heavy atom. The van der Waals surface area contributed by atoms with E-state index in [0.717, 1.165) is 5.56 Å². The van der Waals surface area contributed by atoms with Crippen molar-refractivity contribution in [2.45, 2.75) is 6.92 Å². The molecule has 0 bridgehead atoms. The van der Waals surface area contributed by atoms with Crippen molar-refractivity contribution in [1.82, 2.24) is 9.97 Å². The maximum absolute atomic E-state index is 9.64. The zero-order valence-corrected chi connectivity index (χ0v) is 12.7. The first-order valence-electron chi connectivity index (χ1n) is 5.26. The molecular formula is C12H10Br2N2O2. The largest absolute Gasteiger partial charge is 0.504 e. The maximum atomic E-state index is 9.64. The summed E-state index contributed by atoms with van der Waals surface area (Å²) in [7, 11) is 0. The average Bonchev–Trinajstić information content (AvgIpc) is 2.31. The van der Waals surface area contributed by atoms with Crippen LogP contribution in [0, 0.1) is 0 Å². The molecule has 0 aliphatic carbocycles. The number of hydrogen-bond acceptors (Lipinski definition) is 4. The molecule has 0 saturated heterocycles. The minimum atomic E-state index is 0.106. The lowest BCUT2D eigenvalue weighted by molar-refractivity contribution is 0.318. The standard InChI is InChI=1S/C12H10Br2N2O2/c1-2-18-9-5-7(3-4-8(9)17)12-15-10(13)6-11(14)16-12/h3-6,17H,2H2,1H3. The Labute approximate surface area is 121 Å². The van der Waals surface area contributed by atoms with Crippen LogP contribution in [0.2, 0.25) is 0 Å². The van der Waals surface area contributed by atoms with Crippen molar-refractivity contribution >= 4 is 31.9 Å². The van der Waals surface area contributed by atoms with E-state index in [1.807, 2.05) is 6.92 Å². The summed E-state index contributed by atoms with van der Waals surface area (Å²) in [6.45, 7) is 2.35. The molecule has 2 aromatic rings. The van der Waals surface area contributed by atoms with Crippen LogP contribution in [0.4, 0.5) is 0 Å². The van der Waals surface area contributed by atoms with Crippen LogP contribution in [0.5, 0.6) is 11.5 Å². The van der Waals surface area contributed by atoms with Crippen molar-refractivity contribution in [3.8, 4) is 22.9 Å². The zero-order chi connectivity index (χ0) is 13.1. The lowest BCUT2D eigenvalue weighted by Gasteiger charge is -2.08. The van der Waals surface area contributed by atoms with Crippen molar-refractivity contribution < 1.29 is 9.84 Å². The Morgan fingerprint density at radius 1 is 1.17 bits per heavy atom. The summed E-state index contributed by atoms with van der Waals surface area (Å²) >= 11 is 6.62. The van der Waals surface area contributed by atoms with Crippen LogP contribution in [0.25, 0.3) is 11.4 Å². The van der Waals surface area contributed by atoms with Crippen molar-refractivity contribution in [3.63, 3.8) is 0 Å². The van der Waals surface area contributed by atoms with Crippen LogP contribution in [-0.2, 0) is 0 Å². The Hall–Kier alpha value is -1.14. The third-order valence-corrected chi connectivity index (χ3v) is 2.99. The van der Waals surface area contributed by atoms with Crippen LogP contribution in [-0.4, -0.2) is 21.7 Å². The SMILES string of the molecule is CCOc1cc(-c2nc(Br)cc(Br)n2)ccc1O. The molecule has 1 aromatic heterocycles. The monoisotopic (exact) mass is 372 g/mol. The molecule has 0 aliphatic rings. The number of aromatic nitrogens is 2. The van der Waals surface area contributed by atoms with Crippen molar-refractivity contribution in [2.24, 2.45) is 0 Å². The molecule has 1 heterocycles. The van der Waals surface area contributed by atoms with Gasteiger partial charge in [-0.2, -0.15) is 0 Å². The third-order valence-electron chi connectivity index (χ3n) is 2.18. The second-order valence-corrected chi connectivity index (χ2v) is 5.08. The van der Waals surface area contributed by atoms with Gasteiger partial charge in [-0.05, 0) is 57.0 Å². The molecule has 1 N–H and O–H groups in total. The summed E-state index contributed by atoms with van der Waals surface area (Å²) in [4.78, 5) is 8.55. The molecule has 0 radical (unpaired) electrons. The van der Waals surface area contributed by atoms with Crippen molar-refractivity contribution in [2.75, 3.05) is 6.61 Å². The fourth-order valence-electron chi connectivity index (χ4n) is 1.44. The molecule has 0 amide bonds. The fourth-order valence-corrected chi connectivity index (χ4v) is 2.52. The van der Waals surface area contributed by atoms with Gasteiger partial charge in [-0.15, -0.1) is 0 Å². The molecule has 6 heteroatoms. The summed E-state index contributed by atoms with van der Waals surface area (Å²) in [6.07, 6.45) is 0. The number of phenolic OH excluding ortho intramolecular Hbond substituents is 1. The Balaban J connectivity index is 2.47. The smallest absolute Gasteiger partial charge is 0.161 e. The summed E-state index contributed by atoms with van der Waals surface area (Å²) in [5.74, 6) is 1.08. The van der Waals surface area contributed by atoms with E-state index in [2.05, 4.69) is 41.8 Å². The fraction of sp³-hybridized carbons (Fsp3) is 0.167. The van der Waals surface area contributed by atoms with Crippen LogP contribution in [0.1, 0.15) is 6.92 Å². The zero-order valence-electron chi connectivity index (χ0n) is 9.52. The predicted octanol–water partition coefficient (Wildman–Crippen LogP) is 3.77. The van der Waals surface area contributed by atoms with E-state index in [1.165, 1.54) is 0 Å². The minimum Gasteiger partial charge on any atom is -0.504 e. The summed E-state index contributed by atoms with van der Waals surface area (Å²) in [5.41, 5.74) is 0.776. The molecule has 1 aromatic carbocycles. The molecule has 0 atom stereocenters. The molecule has 0 aliphatic heterocycles. The van der Waals surface area contributed by atoms with Gasteiger partial charge in [0.25, 0.3) is 0 Å². The van der Waals surface area contributed by atoms with Gasteiger partial charge in [-0.25, -0.2) is 9.97 Å². The number of aromatic hydroxyl groups is 1. The van der Waals surface area contributed by atoms with Gasteiger partial charge in [0.2, 0.25) is 0 Å². The molecule has 4 nitrogen and oxygen atoms in total. The molecule has 0 fully saturated rings. The van der Waals surface area contributed by atoms with Gasteiger partial charge >= 0.3 is 0 Å². The lowest BCUT2D eigenvalue weighted by atomic mass is 10.2. The van der Waals surface area contributed by atoms with Crippen molar-refractivity contribution in [3.05, 3.63) is 33.5 Å². The highest BCUT2D eigenvalue weighted by molar-refractivity contribution is 9.11. The Morgan fingerprint density at radius 2 is 1.83 bits per heavy atom. The summed E-state index contributed by atoms with van der Waals surface area (Å²) in [5, 5.41) is 9.64. The third kappa shape index (κ3) is 3.00. The lowest BCUT2D eigenvalue weighted by Crippen LogP contribution is -1.94. The van der Waals surface area contributed by atoms with Crippen LogP contribution in [0.3, 0.4) is 0 Å². The highest BCUT2D eigenvalue weighted by atomic mass is 79.9. The molecule has 94 valence electrons. The molecule has 0 spiro atoms. The highest BCUT2D eigenvalue weighted by Crippen LogP contribution is 2.31. The summed E-state index contributed by atoms with van der Waals surface area (Å²) in [6, 6.07) is 6.78. The van der Waals surface area contributed by atoms with E-state index in [-0.39, 0.29) is 5.75 Å². The normalized spacial score (nSPS) is 10.4.